The number of benzene rings is 2. The van der Waals surface area contributed by atoms with Gasteiger partial charge < -0.3 is 4.90 Å². The number of pyridine rings is 1. The van der Waals surface area contributed by atoms with E-state index in [9.17, 15) is 9.18 Å². The van der Waals surface area contributed by atoms with Gasteiger partial charge in [-0.2, -0.15) is 0 Å². The van der Waals surface area contributed by atoms with Crippen LogP contribution in [0.15, 0.2) is 46.9 Å². The quantitative estimate of drug-likeness (QED) is 0.618. The van der Waals surface area contributed by atoms with E-state index in [1.807, 2.05) is 25.1 Å². The van der Waals surface area contributed by atoms with Gasteiger partial charge in [0.2, 0.25) is 0 Å². The average molecular weight is 387 g/mol. The smallest absolute Gasteiger partial charge is 0.258 e. The number of hydrogen-bond acceptors (Lipinski definition) is 2. The van der Waals surface area contributed by atoms with Crippen LogP contribution >= 0.6 is 15.9 Å². The van der Waals surface area contributed by atoms with Crippen LogP contribution in [0.1, 0.15) is 21.6 Å². The minimum absolute atomic E-state index is 0.150. The first-order chi connectivity index (χ1) is 11.4. The molecular weight excluding hydrogens is 371 g/mol. The van der Waals surface area contributed by atoms with Crippen LogP contribution in [0.25, 0.3) is 10.9 Å². The van der Waals surface area contributed by atoms with Gasteiger partial charge in [0, 0.05) is 34.4 Å². The lowest BCUT2D eigenvalue weighted by Gasteiger charge is -2.21. The van der Waals surface area contributed by atoms with Gasteiger partial charge in [0.05, 0.1) is 11.1 Å². The molecular formula is C19H16BrFN2O. The Kier molecular flexibility index (Phi) is 4.37. The van der Waals surface area contributed by atoms with Crippen molar-refractivity contribution in [2.24, 2.45) is 0 Å². The molecule has 3 rings (SSSR count). The molecule has 1 amide bonds. The molecule has 0 radical (unpaired) electrons. The summed E-state index contributed by atoms with van der Waals surface area (Å²) in [4.78, 5) is 19.0. The molecule has 0 unspecified atom stereocenters. The summed E-state index contributed by atoms with van der Waals surface area (Å²) in [6.07, 6.45) is 0. The molecule has 0 aliphatic carbocycles. The summed E-state index contributed by atoms with van der Waals surface area (Å²) in [5, 5.41) is 0.647. The predicted molar refractivity (Wildman–Crippen MR) is 98.1 cm³/mol. The maximum Gasteiger partial charge on any atom is 0.258 e. The largest absolute Gasteiger partial charge is 0.311 e. The molecule has 122 valence electrons. The van der Waals surface area contributed by atoms with Crippen LogP contribution in [0, 0.1) is 19.7 Å². The third-order valence-electron chi connectivity index (χ3n) is 3.96. The zero-order valence-electron chi connectivity index (χ0n) is 13.6. The molecule has 5 heteroatoms. The van der Waals surface area contributed by atoms with E-state index in [-0.39, 0.29) is 11.7 Å². The highest BCUT2D eigenvalue weighted by Gasteiger charge is 2.19. The first kappa shape index (κ1) is 16.6. The molecule has 1 heterocycles. The maximum atomic E-state index is 13.5. The Morgan fingerprint density at radius 1 is 1.12 bits per heavy atom. The molecule has 0 N–H and O–H groups in total. The Hall–Kier alpha value is -2.27. The summed E-state index contributed by atoms with van der Waals surface area (Å²) in [6, 6.07) is 11.8. The van der Waals surface area contributed by atoms with E-state index in [2.05, 4.69) is 20.9 Å². The Labute approximate surface area is 148 Å². The number of anilines is 1. The number of amides is 1. The lowest BCUT2D eigenvalue weighted by atomic mass is 10.1. The number of hydrogen-bond donors (Lipinski definition) is 0. The van der Waals surface area contributed by atoms with Gasteiger partial charge in [0.25, 0.3) is 5.91 Å². The second-order valence-corrected chi connectivity index (χ2v) is 6.68. The lowest BCUT2D eigenvalue weighted by molar-refractivity contribution is 0.0994. The molecule has 0 bridgehead atoms. The monoisotopic (exact) mass is 386 g/mol. The summed E-state index contributed by atoms with van der Waals surface area (Å²) in [7, 11) is 1.74. The van der Waals surface area contributed by atoms with Gasteiger partial charge in [0.15, 0.2) is 0 Å². The summed E-state index contributed by atoms with van der Waals surface area (Å²) in [5.74, 6) is -0.515. The molecule has 0 aliphatic rings. The fourth-order valence-corrected chi connectivity index (χ4v) is 3.27. The van der Waals surface area contributed by atoms with E-state index in [0.717, 1.165) is 15.7 Å². The Morgan fingerprint density at radius 3 is 2.58 bits per heavy atom. The Balaban J connectivity index is 2.11. The molecule has 0 saturated heterocycles. The van der Waals surface area contributed by atoms with Crippen molar-refractivity contribution < 1.29 is 9.18 Å². The lowest BCUT2D eigenvalue weighted by Crippen LogP contribution is -2.27. The minimum Gasteiger partial charge on any atom is -0.311 e. The van der Waals surface area contributed by atoms with Gasteiger partial charge in [-0.3, -0.25) is 9.78 Å². The second-order valence-electron chi connectivity index (χ2n) is 5.77. The molecule has 0 atom stereocenters. The molecule has 1 aromatic heterocycles. The van der Waals surface area contributed by atoms with Crippen LogP contribution in [0.2, 0.25) is 0 Å². The van der Waals surface area contributed by atoms with Crippen molar-refractivity contribution in [3.8, 4) is 0 Å². The molecule has 0 saturated carbocycles. The highest BCUT2D eigenvalue weighted by molar-refractivity contribution is 9.10. The van der Waals surface area contributed by atoms with Crippen molar-refractivity contribution in [2.75, 3.05) is 11.9 Å². The number of aromatic nitrogens is 1. The minimum atomic E-state index is -0.365. The summed E-state index contributed by atoms with van der Waals surface area (Å²) in [5.41, 5.74) is 3.49. The van der Waals surface area contributed by atoms with Crippen molar-refractivity contribution in [3.63, 3.8) is 0 Å². The fourth-order valence-electron chi connectivity index (χ4n) is 2.80. The number of aryl methyl sites for hydroxylation is 2. The van der Waals surface area contributed by atoms with Crippen LogP contribution in [0.4, 0.5) is 10.1 Å². The Morgan fingerprint density at radius 2 is 1.88 bits per heavy atom. The molecule has 24 heavy (non-hydrogen) atoms. The molecule has 3 aromatic rings. The van der Waals surface area contributed by atoms with Crippen molar-refractivity contribution in [2.45, 2.75) is 13.8 Å². The van der Waals surface area contributed by atoms with Gasteiger partial charge in [-0.1, -0.05) is 15.9 Å². The van der Waals surface area contributed by atoms with Gasteiger partial charge in [-0.25, -0.2) is 4.39 Å². The third kappa shape index (κ3) is 3.04. The summed E-state index contributed by atoms with van der Waals surface area (Å²) in [6.45, 7) is 3.75. The topological polar surface area (TPSA) is 33.2 Å². The van der Waals surface area contributed by atoms with E-state index < -0.39 is 0 Å². The van der Waals surface area contributed by atoms with Crippen molar-refractivity contribution in [1.82, 2.24) is 4.98 Å². The average Bonchev–Trinajstić information content (AvgIpc) is 2.52. The van der Waals surface area contributed by atoms with E-state index >= 15 is 0 Å². The van der Waals surface area contributed by atoms with Gasteiger partial charge >= 0.3 is 0 Å². The second kappa shape index (κ2) is 6.32. The standard InChI is InChI=1S/C19H16BrFN2O/c1-11-8-13(20)4-7-18(11)23(3)19(24)16-9-12(2)22-17-10-14(21)5-6-15(16)17/h4-10H,1-3H3. The SMILES string of the molecule is Cc1cc(C(=O)N(C)c2ccc(Br)cc2C)c2ccc(F)cc2n1. The fraction of sp³-hybridized carbons (Fsp3) is 0.158. The summed E-state index contributed by atoms with van der Waals surface area (Å²) < 4.78 is 14.4. The van der Waals surface area contributed by atoms with Gasteiger partial charge in [0.1, 0.15) is 5.82 Å². The first-order valence-corrected chi connectivity index (χ1v) is 8.27. The molecule has 2 aromatic carbocycles. The zero-order valence-corrected chi connectivity index (χ0v) is 15.2. The van der Waals surface area contributed by atoms with Crippen molar-refractivity contribution in [1.29, 1.82) is 0 Å². The highest BCUT2D eigenvalue weighted by Crippen LogP contribution is 2.26. The molecule has 0 aliphatic heterocycles. The number of halogens is 2. The van der Waals surface area contributed by atoms with Gasteiger partial charge in [-0.05, 0) is 55.8 Å². The molecule has 0 spiro atoms. The number of rotatable bonds is 2. The highest BCUT2D eigenvalue weighted by atomic mass is 79.9. The van der Waals surface area contributed by atoms with Crippen LogP contribution in [0.5, 0.6) is 0 Å². The van der Waals surface area contributed by atoms with E-state index in [1.165, 1.54) is 12.1 Å². The van der Waals surface area contributed by atoms with E-state index in [1.54, 1.807) is 31.0 Å². The number of carbonyl (C=O) groups excluding carboxylic acids is 1. The number of fused-ring (bicyclic) bond motifs is 1. The predicted octanol–water partition coefficient (Wildman–Crippen LogP) is 5.03. The van der Waals surface area contributed by atoms with Crippen molar-refractivity contribution >= 4 is 38.4 Å². The molecule has 0 fully saturated rings. The van der Waals surface area contributed by atoms with Crippen LogP contribution < -0.4 is 4.90 Å². The Bertz CT molecular complexity index is 950. The molecule has 3 nitrogen and oxygen atoms in total. The van der Waals surface area contributed by atoms with Gasteiger partial charge in [-0.15, -0.1) is 0 Å². The van der Waals surface area contributed by atoms with E-state index in [0.29, 0.717) is 22.2 Å². The van der Waals surface area contributed by atoms with E-state index in [4.69, 9.17) is 0 Å². The van der Waals surface area contributed by atoms with Crippen LogP contribution in [-0.2, 0) is 0 Å². The summed E-state index contributed by atoms with van der Waals surface area (Å²) >= 11 is 3.43. The maximum absolute atomic E-state index is 13.5. The van der Waals surface area contributed by atoms with Crippen LogP contribution in [0.3, 0.4) is 0 Å². The first-order valence-electron chi connectivity index (χ1n) is 7.48. The third-order valence-corrected chi connectivity index (χ3v) is 4.45. The zero-order chi connectivity index (χ0) is 17.4. The number of nitrogens with zero attached hydrogens (tertiary/aromatic N) is 2. The van der Waals surface area contributed by atoms with Crippen molar-refractivity contribution in [3.05, 3.63) is 69.6 Å². The number of carbonyl (C=O) groups is 1. The normalized spacial score (nSPS) is 10.9. The van der Waals surface area contributed by atoms with Crippen LogP contribution in [-0.4, -0.2) is 17.9 Å².